The van der Waals surface area contributed by atoms with Crippen LogP contribution >= 0.6 is 0 Å². The van der Waals surface area contributed by atoms with Crippen molar-refractivity contribution in [2.75, 3.05) is 13.2 Å². The molecule has 0 saturated heterocycles. The van der Waals surface area contributed by atoms with Gasteiger partial charge in [-0.05, 0) is 48.2 Å². The minimum absolute atomic E-state index is 0.0325. The molecule has 7 heteroatoms. The molecule has 0 radical (unpaired) electrons. The number of aromatic nitrogens is 2. The molecule has 4 rings (SSSR count). The predicted molar refractivity (Wildman–Crippen MR) is 121 cm³/mol. The third-order valence-electron chi connectivity index (χ3n) is 5.90. The fourth-order valence-electron chi connectivity index (χ4n) is 4.33. The Morgan fingerprint density at radius 3 is 2.84 bits per heavy atom. The van der Waals surface area contributed by atoms with E-state index in [1.807, 2.05) is 36.1 Å². The molecule has 6 nitrogen and oxygen atoms in total. The van der Waals surface area contributed by atoms with Gasteiger partial charge in [0.15, 0.2) is 0 Å². The SMILES string of the molecule is CCCOCc1cnn(C)c1-c1ccc2c(c1)CN(C(CN)Cc1cccc(F)c1)C2=O. The molecule has 0 bridgehead atoms. The molecule has 0 aliphatic carbocycles. The molecule has 32 heavy (non-hydrogen) atoms. The lowest BCUT2D eigenvalue weighted by molar-refractivity contribution is 0.0708. The van der Waals surface area contributed by atoms with Crippen LogP contribution in [0.1, 0.15) is 40.4 Å². The lowest BCUT2D eigenvalue weighted by atomic mass is 10.0. The smallest absolute Gasteiger partial charge is 0.254 e. The van der Waals surface area contributed by atoms with Gasteiger partial charge in [0.25, 0.3) is 5.91 Å². The van der Waals surface area contributed by atoms with Gasteiger partial charge in [-0.1, -0.05) is 25.1 Å². The van der Waals surface area contributed by atoms with Crippen molar-refractivity contribution in [3.05, 3.63) is 76.7 Å². The van der Waals surface area contributed by atoms with Crippen LogP contribution in [0.25, 0.3) is 11.3 Å². The number of carbonyl (C=O) groups is 1. The van der Waals surface area contributed by atoms with Gasteiger partial charge < -0.3 is 15.4 Å². The number of rotatable bonds is 9. The van der Waals surface area contributed by atoms with Gasteiger partial charge in [-0.25, -0.2) is 4.39 Å². The number of amides is 1. The van der Waals surface area contributed by atoms with E-state index in [2.05, 4.69) is 18.1 Å². The fourth-order valence-corrected chi connectivity index (χ4v) is 4.33. The molecule has 1 aromatic heterocycles. The molecule has 0 fully saturated rings. The molecular formula is C25H29FN4O2. The molecule has 1 aliphatic heterocycles. The minimum atomic E-state index is -0.283. The lowest BCUT2D eigenvalue weighted by Crippen LogP contribution is -2.42. The van der Waals surface area contributed by atoms with E-state index in [0.29, 0.717) is 38.3 Å². The highest BCUT2D eigenvalue weighted by atomic mass is 19.1. The normalized spacial score (nSPS) is 14.1. The Balaban J connectivity index is 1.57. The molecular weight excluding hydrogens is 407 g/mol. The van der Waals surface area contributed by atoms with E-state index in [9.17, 15) is 9.18 Å². The molecule has 2 heterocycles. The quantitative estimate of drug-likeness (QED) is 0.520. The highest BCUT2D eigenvalue weighted by Gasteiger charge is 2.32. The molecule has 0 spiro atoms. The Morgan fingerprint density at radius 2 is 2.09 bits per heavy atom. The van der Waals surface area contributed by atoms with Crippen molar-refractivity contribution in [1.82, 2.24) is 14.7 Å². The summed E-state index contributed by atoms with van der Waals surface area (Å²) in [6.45, 7) is 4.08. The van der Waals surface area contributed by atoms with Crippen LogP contribution in [0.4, 0.5) is 4.39 Å². The number of ether oxygens (including phenoxy) is 1. The number of benzene rings is 2. The third-order valence-corrected chi connectivity index (χ3v) is 5.90. The van der Waals surface area contributed by atoms with Crippen LogP contribution in [0.15, 0.2) is 48.7 Å². The number of halogens is 1. The van der Waals surface area contributed by atoms with Crippen LogP contribution in [-0.2, 0) is 31.4 Å². The Hall–Kier alpha value is -3.03. The molecule has 168 valence electrons. The zero-order chi connectivity index (χ0) is 22.7. The molecule has 1 atom stereocenters. The number of aryl methyl sites for hydroxylation is 1. The van der Waals surface area contributed by atoms with Crippen molar-refractivity contribution in [3.8, 4) is 11.3 Å². The monoisotopic (exact) mass is 436 g/mol. The van der Waals surface area contributed by atoms with E-state index < -0.39 is 0 Å². The Labute approximate surface area is 187 Å². The second-order valence-corrected chi connectivity index (χ2v) is 8.22. The van der Waals surface area contributed by atoms with E-state index in [1.54, 1.807) is 11.0 Å². The number of hydrogen-bond donors (Lipinski definition) is 1. The van der Waals surface area contributed by atoms with Gasteiger partial charge in [0.1, 0.15) is 5.82 Å². The van der Waals surface area contributed by atoms with Gasteiger partial charge >= 0.3 is 0 Å². The van der Waals surface area contributed by atoms with E-state index >= 15 is 0 Å². The fraction of sp³-hybridized carbons (Fsp3) is 0.360. The van der Waals surface area contributed by atoms with Crippen LogP contribution in [0.2, 0.25) is 0 Å². The Kier molecular flexibility index (Phi) is 6.67. The maximum Gasteiger partial charge on any atom is 0.254 e. The summed E-state index contributed by atoms with van der Waals surface area (Å²) in [5.74, 6) is -0.316. The second kappa shape index (κ2) is 9.63. The molecule has 3 aromatic rings. The highest BCUT2D eigenvalue weighted by molar-refractivity contribution is 5.99. The predicted octanol–water partition coefficient (Wildman–Crippen LogP) is 3.68. The van der Waals surface area contributed by atoms with Crippen LogP contribution in [0, 0.1) is 5.82 Å². The van der Waals surface area contributed by atoms with E-state index in [1.165, 1.54) is 12.1 Å². The van der Waals surface area contributed by atoms with Crippen molar-refractivity contribution < 1.29 is 13.9 Å². The van der Waals surface area contributed by atoms with Crippen molar-refractivity contribution >= 4 is 5.91 Å². The topological polar surface area (TPSA) is 73.4 Å². The molecule has 1 aliphatic rings. The molecule has 1 unspecified atom stereocenters. The van der Waals surface area contributed by atoms with Crippen molar-refractivity contribution in [3.63, 3.8) is 0 Å². The molecule has 1 amide bonds. The highest BCUT2D eigenvalue weighted by Crippen LogP contribution is 2.31. The summed E-state index contributed by atoms with van der Waals surface area (Å²) in [7, 11) is 1.91. The summed E-state index contributed by atoms with van der Waals surface area (Å²) >= 11 is 0. The van der Waals surface area contributed by atoms with E-state index in [0.717, 1.165) is 34.4 Å². The maximum absolute atomic E-state index is 13.6. The summed E-state index contributed by atoms with van der Waals surface area (Å²) in [6.07, 6.45) is 3.31. The lowest BCUT2D eigenvalue weighted by Gasteiger charge is -2.26. The van der Waals surface area contributed by atoms with Crippen LogP contribution in [0.5, 0.6) is 0 Å². The largest absolute Gasteiger partial charge is 0.377 e. The summed E-state index contributed by atoms with van der Waals surface area (Å²) in [4.78, 5) is 14.9. The summed E-state index contributed by atoms with van der Waals surface area (Å²) < 4.78 is 21.2. The number of nitrogens with two attached hydrogens (primary N) is 1. The maximum atomic E-state index is 13.6. The van der Waals surface area contributed by atoms with Gasteiger partial charge in [-0.2, -0.15) is 5.10 Å². The number of carbonyl (C=O) groups excluding carboxylic acids is 1. The summed E-state index contributed by atoms with van der Waals surface area (Å²) in [5.41, 5.74) is 11.5. The zero-order valence-electron chi connectivity index (χ0n) is 18.6. The minimum Gasteiger partial charge on any atom is -0.377 e. The summed E-state index contributed by atoms with van der Waals surface area (Å²) in [6, 6.07) is 12.2. The number of nitrogens with zero attached hydrogens (tertiary/aromatic N) is 3. The van der Waals surface area contributed by atoms with Gasteiger partial charge in [0.05, 0.1) is 18.5 Å². The second-order valence-electron chi connectivity index (χ2n) is 8.22. The first-order valence-corrected chi connectivity index (χ1v) is 11.0. The molecule has 2 aromatic carbocycles. The number of fused-ring (bicyclic) bond motifs is 1. The van der Waals surface area contributed by atoms with E-state index in [-0.39, 0.29) is 17.8 Å². The first-order valence-electron chi connectivity index (χ1n) is 11.0. The first kappa shape index (κ1) is 22.2. The van der Waals surface area contributed by atoms with E-state index in [4.69, 9.17) is 10.5 Å². The average Bonchev–Trinajstić information content (AvgIpc) is 3.31. The summed E-state index contributed by atoms with van der Waals surface area (Å²) in [5, 5.41) is 4.40. The zero-order valence-corrected chi connectivity index (χ0v) is 18.6. The van der Waals surface area contributed by atoms with Crippen molar-refractivity contribution in [2.24, 2.45) is 12.8 Å². The van der Waals surface area contributed by atoms with Crippen molar-refractivity contribution in [2.45, 2.75) is 39.0 Å². The third kappa shape index (κ3) is 4.45. The van der Waals surface area contributed by atoms with Gasteiger partial charge in [-0.15, -0.1) is 0 Å². The van der Waals surface area contributed by atoms with Gasteiger partial charge in [0, 0.05) is 49.5 Å². The van der Waals surface area contributed by atoms with Gasteiger partial charge in [-0.3, -0.25) is 9.48 Å². The Bertz CT molecular complexity index is 1110. The average molecular weight is 437 g/mol. The van der Waals surface area contributed by atoms with Gasteiger partial charge in [0.2, 0.25) is 0 Å². The first-order chi connectivity index (χ1) is 15.5. The molecule has 2 N–H and O–H groups in total. The standard InChI is InChI=1S/C25H29FN4O2/c1-3-9-32-16-20-14-28-29(2)24(20)18-7-8-23-19(12-18)15-30(25(23)31)22(13-27)11-17-5-4-6-21(26)10-17/h4-8,10,12,14,22H,3,9,11,13,15-16,27H2,1-2H3. The Morgan fingerprint density at radius 1 is 1.25 bits per heavy atom. The molecule has 0 saturated carbocycles. The van der Waals surface area contributed by atoms with Crippen LogP contribution in [-0.4, -0.2) is 39.8 Å². The van der Waals surface area contributed by atoms with Crippen LogP contribution < -0.4 is 5.73 Å². The van der Waals surface area contributed by atoms with Crippen molar-refractivity contribution in [1.29, 1.82) is 0 Å². The van der Waals surface area contributed by atoms with Crippen LogP contribution in [0.3, 0.4) is 0 Å². The number of hydrogen-bond acceptors (Lipinski definition) is 4.